The third-order valence-corrected chi connectivity index (χ3v) is 5.41. The van der Waals surface area contributed by atoms with Crippen LogP contribution in [0.4, 0.5) is 0 Å². The van der Waals surface area contributed by atoms with Gasteiger partial charge >= 0.3 is 0 Å². The minimum absolute atomic E-state index is 0.350. The number of amidine groups is 1. The second-order valence-electron chi connectivity index (χ2n) is 6.79. The molecule has 1 aliphatic heterocycles. The zero-order chi connectivity index (χ0) is 19.0. The highest BCUT2D eigenvalue weighted by molar-refractivity contribution is 7.12. The van der Waals surface area contributed by atoms with Crippen LogP contribution in [0.1, 0.15) is 37.0 Å². The molecule has 1 aliphatic carbocycles. The number of rotatable bonds is 10. The maximum Gasteiger partial charge on any atom is 0.200 e. The molecule has 1 atom stereocenters. The van der Waals surface area contributed by atoms with Gasteiger partial charge in [0.1, 0.15) is 5.84 Å². The van der Waals surface area contributed by atoms with Gasteiger partial charge < -0.3 is 25.8 Å². The first-order chi connectivity index (χ1) is 13.2. The van der Waals surface area contributed by atoms with Gasteiger partial charge in [-0.3, -0.25) is 5.73 Å². The van der Waals surface area contributed by atoms with E-state index < -0.39 is 5.79 Å². The summed E-state index contributed by atoms with van der Waals surface area (Å²) in [5.41, 5.74) is 11.9. The number of nitrogens with one attached hydrogen (secondary N) is 2. The molecule has 8 nitrogen and oxygen atoms in total. The van der Waals surface area contributed by atoms with Crippen LogP contribution < -0.4 is 22.1 Å². The second kappa shape index (κ2) is 10.1. The molecule has 0 radical (unpaired) electrons. The van der Waals surface area contributed by atoms with E-state index in [-0.39, 0.29) is 0 Å². The SMILES string of the molecule is NCCOCCOCCC1(N)N=C(c2cccs2)NC(=NC2CCCC2)N1. The van der Waals surface area contributed by atoms with E-state index in [0.717, 1.165) is 23.6 Å². The normalized spacial score (nSPS) is 24.7. The van der Waals surface area contributed by atoms with Gasteiger partial charge in [-0.2, -0.15) is 0 Å². The van der Waals surface area contributed by atoms with E-state index in [1.54, 1.807) is 11.3 Å². The minimum atomic E-state index is -0.944. The van der Waals surface area contributed by atoms with Gasteiger partial charge in [0.15, 0.2) is 11.7 Å². The lowest BCUT2D eigenvalue weighted by Gasteiger charge is -2.34. The predicted molar refractivity (Wildman–Crippen MR) is 109 cm³/mol. The number of nitrogens with zero attached hydrogens (tertiary/aromatic N) is 2. The molecule has 27 heavy (non-hydrogen) atoms. The highest BCUT2D eigenvalue weighted by Gasteiger charge is 2.32. The Morgan fingerprint density at radius 1 is 1.22 bits per heavy atom. The van der Waals surface area contributed by atoms with Crippen LogP contribution in [0, 0.1) is 0 Å². The lowest BCUT2D eigenvalue weighted by molar-refractivity contribution is 0.0430. The minimum Gasteiger partial charge on any atom is -0.379 e. The summed E-state index contributed by atoms with van der Waals surface area (Å²) in [6.45, 7) is 2.59. The molecule has 0 bridgehead atoms. The molecule has 1 saturated carbocycles. The number of hydrogen-bond acceptors (Lipinski definition) is 7. The molecule has 1 fully saturated rings. The van der Waals surface area contributed by atoms with E-state index in [4.69, 9.17) is 30.9 Å². The average Bonchev–Trinajstić information content (AvgIpc) is 3.34. The van der Waals surface area contributed by atoms with E-state index >= 15 is 0 Å². The van der Waals surface area contributed by atoms with E-state index in [1.165, 1.54) is 12.8 Å². The van der Waals surface area contributed by atoms with Crippen molar-refractivity contribution >= 4 is 23.1 Å². The Kier molecular flexibility index (Phi) is 7.59. The van der Waals surface area contributed by atoms with Crippen molar-refractivity contribution < 1.29 is 9.47 Å². The van der Waals surface area contributed by atoms with Crippen molar-refractivity contribution in [1.29, 1.82) is 0 Å². The third kappa shape index (κ3) is 6.25. The van der Waals surface area contributed by atoms with Gasteiger partial charge in [-0.25, -0.2) is 9.98 Å². The molecule has 1 unspecified atom stereocenters. The van der Waals surface area contributed by atoms with E-state index in [0.29, 0.717) is 51.4 Å². The van der Waals surface area contributed by atoms with Gasteiger partial charge in [-0.05, 0) is 24.3 Å². The van der Waals surface area contributed by atoms with Crippen molar-refractivity contribution in [1.82, 2.24) is 10.6 Å². The molecular weight excluding hydrogens is 364 g/mol. The molecular formula is C18H30N6O2S. The van der Waals surface area contributed by atoms with Crippen LogP contribution in [0.5, 0.6) is 0 Å². The van der Waals surface area contributed by atoms with Gasteiger partial charge in [0.2, 0.25) is 0 Å². The first-order valence-electron chi connectivity index (χ1n) is 9.60. The van der Waals surface area contributed by atoms with Crippen molar-refractivity contribution in [3.8, 4) is 0 Å². The van der Waals surface area contributed by atoms with Crippen molar-refractivity contribution in [3.63, 3.8) is 0 Å². The van der Waals surface area contributed by atoms with Crippen LogP contribution in [-0.4, -0.2) is 56.6 Å². The van der Waals surface area contributed by atoms with Crippen LogP contribution in [-0.2, 0) is 9.47 Å². The van der Waals surface area contributed by atoms with Crippen molar-refractivity contribution in [2.45, 2.75) is 43.9 Å². The maximum atomic E-state index is 6.54. The summed E-state index contributed by atoms with van der Waals surface area (Å²) < 4.78 is 10.9. The summed E-state index contributed by atoms with van der Waals surface area (Å²) in [5.74, 6) is 0.517. The summed E-state index contributed by atoms with van der Waals surface area (Å²) in [6.07, 6.45) is 5.26. The lowest BCUT2D eigenvalue weighted by atomic mass is 10.2. The molecule has 2 aliphatic rings. The Morgan fingerprint density at radius 3 is 2.70 bits per heavy atom. The highest BCUT2D eigenvalue weighted by atomic mass is 32.1. The summed E-state index contributed by atoms with van der Waals surface area (Å²) in [6, 6.07) is 4.38. The maximum absolute atomic E-state index is 6.54. The van der Waals surface area contributed by atoms with Gasteiger partial charge in [-0.15, -0.1) is 11.3 Å². The molecule has 150 valence electrons. The lowest BCUT2D eigenvalue weighted by Crippen LogP contribution is -2.63. The van der Waals surface area contributed by atoms with Crippen LogP contribution in [0.15, 0.2) is 27.5 Å². The quantitative estimate of drug-likeness (QED) is 0.439. The average molecular weight is 395 g/mol. The summed E-state index contributed by atoms with van der Waals surface area (Å²) in [7, 11) is 0. The van der Waals surface area contributed by atoms with E-state index in [2.05, 4.69) is 10.6 Å². The second-order valence-corrected chi connectivity index (χ2v) is 7.74. The monoisotopic (exact) mass is 394 g/mol. The van der Waals surface area contributed by atoms with E-state index in [9.17, 15) is 0 Å². The predicted octanol–water partition coefficient (Wildman–Crippen LogP) is 0.981. The fraction of sp³-hybridized carbons (Fsp3) is 0.667. The molecule has 6 N–H and O–H groups in total. The number of aliphatic imine (C=N–C) groups is 2. The molecule has 0 saturated heterocycles. The molecule has 1 aromatic rings. The van der Waals surface area contributed by atoms with E-state index in [1.807, 2.05) is 17.5 Å². The van der Waals surface area contributed by atoms with Gasteiger partial charge in [0, 0.05) is 13.0 Å². The van der Waals surface area contributed by atoms with Crippen LogP contribution >= 0.6 is 11.3 Å². The van der Waals surface area contributed by atoms with Gasteiger partial charge in [0.25, 0.3) is 0 Å². The van der Waals surface area contributed by atoms with Crippen LogP contribution in [0.25, 0.3) is 0 Å². The smallest absolute Gasteiger partial charge is 0.200 e. The molecule has 2 heterocycles. The summed E-state index contributed by atoms with van der Waals surface area (Å²) in [5, 5.41) is 8.60. The van der Waals surface area contributed by atoms with Crippen molar-refractivity contribution in [2.75, 3.05) is 33.0 Å². The Labute approximate surface area is 164 Å². The van der Waals surface area contributed by atoms with Crippen molar-refractivity contribution in [2.24, 2.45) is 21.5 Å². The third-order valence-electron chi connectivity index (χ3n) is 4.54. The standard InChI is InChI=1S/C18H30N6O2S/c19-8-10-26-12-11-25-9-7-18(20)23-16(15-6-3-13-27-15)22-17(24-18)21-14-4-1-2-5-14/h3,6,13-14H,1-2,4-5,7-12,19-20H2,(H2,21,22,23,24). The first kappa shape index (κ1) is 20.2. The molecule has 0 spiro atoms. The number of nitrogens with two attached hydrogens (primary N) is 2. The molecule has 0 amide bonds. The van der Waals surface area contributed by atoms with Gasteiger partial charge in [0.05, 0.1) is 37.3 Å². The van der Waals surface area contributed by atoms with Gasteiger partial charge in [-0.1, -0.05) is 18.9 Å². The summed E-state index contributed by atoms with van der Waals surface area (Å²) >= 11 is 1.62. The Hall–Kier alpha value is -1.52. The first-order valence-corrected chi connectivity index (χ1v) is 10.5. The van der Waals surface area contributed by atoms with Crippen molar-refractivity contribution in [3.05, 3.63) is 22.4 Å². The summed E-state index contributed by atoms with van der Waals surface area (Å²) in [4.78, 5) is 10.6. The Morgan fingerprint density at radius 2 is 2.00 bits per heavy atom. The topological polar surface area (TPSA) is 119 Å². The zero-order valence-electron chi connectivity index (χ0n) is 15.7. The number of ether oxygens (including phenoxy) is 2. The van der Waals surface area contributed by atoms with Crippen LogP contribution in [0.2, 0.25) is 0 Å². The Balaban J connectivity index is 1.61. The fourth-order valence-corrected chi connectivity index (χ4v) is 3.83. The number of guanidine groups is 1. The zero-order valence-corrected chi connectivity index (χ0v) is 16.5. The molecule has 9 heteroatoms. The number of hydrogen-bond donors (Lipinski definition) is 4. The molecule has 3 rings (SSSR count). The fourth-order valence-electron chi connectivity index (χ4n) is 3.17. The molecule has 1 aromatic heterocycles. The van der Waals surface area contributed by atoms with Crippen LogP contribution in [0.3, 0.4) is 0 Å². The Bertz CT molecular complexity index is 630. The molecule has 0 aromatic carbocycles. The highest BCUT2D eigenvalue weighted by Crippen LogP contribution is 2.22. The largest absolute Gasteiger partial charge is 0.379 e. The number of thiophene rings is 1.